The SMILES string of the molecule is NCC1CCOc2c(Br)cccc2C1. The number of hydrogen-bond donors (Lipinski definition) is 1. The van der Waals surface area contributed by atoms with Gasteiger partial charge >= 0.3 is 0 Å². The molecular formula is C11H14BrNO. The van der Waals surface area contributed by atoms with Gasteiger partial charge in [0.1, 0.15) is 5.75 Å². The van der Waals surface area contributed by atoms with Gasteiger partial charge in [-0.1, -0.05) is 12.1 Å². The maximum absolute atomic E-state index is 5.71. The van der Waals surface area contributed by atoms with Gasteiger partial charge < -0.3 is 10.5 Å². The minimum Gasteiger partial charge on any atom is -0.492 e. The lowest BCUT2D eigenvalue weighted by atomic mass is 9.97. The van der Waals surface area contributed by atoms with E-state index in [0.717, 1.165) is 36.2 Å². The van der Waals surface area contributed by atoms with Crippen molar-refractivity contribution in [3.63, 3.8) is 0 Å². The molecule has 14 heavy (non-hydrogen) atoms. The van der Waals surface area contributed by atoms with Gasteiger partial charge in [0.2, 0.25) is 0 Å². The Bertz CT molecular complexity index is 327. The molecule has 0 amide bonds. The molecule has 3 heteroatoms. The number of halogens is 1. The Morgan fingerprint density at radius 2 is 2.36 bits per heavy atom. The zero-order valence-electron chi connectivity index (χ0n) is 8.00. The van der Waals surface area contributed by atoms with Crippen molar-refractivity contribution >= 4 is 15.9 Å². The predicted octanol–water partition coefficient (Wildman–Crippen LogP) is 2.35. The second-order valence-electron chi connectivity index (χ2n) is 3.67. The summed E-state index contributed by atoms with van der Waals surface area (Å²) in [4.78, 5) is 0. The van der Waals surface area contributed by atoms with Gasteiger partial charge in [0.25, 0.3) is 0 Å². The van der Waals surface area contributed by atoms with Crippen LogP contribution in [0.2, 0.25) is 0 Å². The van der Waals surface area contributed by atoms with E-state index in [1.165, 1.54) is 5.56 Å². The molecule has 0 saturated carbocycles. The van der Waals surface area contributed by atoms with Gasteiger partial charge in [0.15, 0.2) is 0 Å². The average Bonchev–Trinajstić information content (AvgIpc) is 2.40. The third kappa shape index (κ3) is 1.93. The van der Waals surface area contributed by atoms with E-state index in [1.807, 2.05) is 12.1 Å². The van der Waals surface area contributed by atoms with Crippen LogP contribution >= 0.6 is 15.9 Å². The van der Waals surface area contributed by atoms with Crippen LogP contribution < -0.4 is 10.5 Å². The summed E-state index contributed by atoms with van der Waals surface area (Å²) in [5.74, 6) is 1.56. The van der Waals surface area contributed by atoms with Crippen LogP contribution in [-0.4, -0.2) is 13.2 Å². The van der Waals surface area contributed by atoms with Gasteiger partial charge in [-0.15, -0.1) is 0 Å². The topological polar surface area (TPSA) is 35.2 Å². The fraction of sp³-hybridized carbons (Fsp3) is 0.455. The van der Waals surface area contributed by atoms with Gasteiger partial charge in [-0.25, -0.2) is 0 Å². The Kier molecular flexibility index (Phi) is 3.08. The molecule has 1 aromatic carbocycles. The van der Waals surface area contributed by atoms with E-state index < -0.39 is 0 Å². The van der Waals surface area contributed by atoms with Gasteiger partial charge in [-0.2, -0.15) is 0 Å². The molecule has 2 nitrogen and oxygen atoms in total. The summed E-state index contributed by atoms with van der Waals surface area (Å²) in [6, 6.07) is 6.18. The standard InChI is InChI=1S/C11H14BrNO/c12-10-3-1-2-9-6-8(7-13)4-5-14-11(9)10/h1-3,8H,4-7,13H2. The van der Waals surface area contributed by atoms with Gasteiger partial charge in [-0.05, 0) is 52.9 Å². The van der Waals surface area contributed by atoms with Crippen LogP contribution in [-0.2, 0) is 6.42 Å². The molecule has 1 aliphatic heterocycles. The van der Waals surface area contributed by atoms with Gasteiger partial charge in [0.05, 0.1) is 11.1 Å². The third-order valence-corrected chi connectivity index (χ3v) is 3.29. The molecule has 1 unspecified atom stereocenters. The largest absolute Gasteiger partial charge is 0.492 e. The molecule has 0 bridgehead atoms. The first-order valence-electron chi connectivity index (χ1n) is 4.91. The van der Waals surface area contributed by atoms with E-state index in [1.54, 1.807) is 0 Å². The highest BCUT2D eigenvalue weighted by Gasteiger charge is 2.17. The minimum atomic E-state index is 0.561. The number of rotatable bonds is 1. The molecular weight excluding hydrogens is 242 g/mol. The molecule has 0 fully saturated rings. The highest BCUT2D eigenvalue weighted by atomic mass is 79.9. The first-order chi connectivity index (χ1) is 6.81. The molecule has 2 N–H and O–H groups in total. The van der Waals surface area contributed by atoms with Crippen molar-refractivity contribution in [2.24, 2.45) is 11.7 Å². The maximum atomic E-state index is 5.71. The number of fused-ring (bicyclic) bond motifs is 1. The Labute approximate surface area is 92.6 Å². The minimum absolute atomic E-state index is 0.561. The Hall–Kier alpha value is -0.540. The molecule has 1 aromatic rings. The van der Waals surface area contributed by atoms with Crippen molar-refractivity contribution in [2.75, 3.05) is 13.2 Å². The summed E-state index contributed by atoms with van der Waals surface area (Å²) in [5.41, 5.74) is 6.97. The zero-order valence-corrected chi connectivity index (χ0v) is 9.59. The van der Waals surface area contributed by atoms with Crippen molar-refractivity contribution in [3.8, 4) is 5.75 Å². The molecule has 76 valence electrons. The fourth-order valence-electron chi connectivity index (χ4n) is 1.82. The summed E-state index contributed by atoms with van der Waals surface area (Å²) >= 11 is 3.50. The van der Waals surface area contributed by atoms with Crippen LogP contribution in [0.3, 0.4) is 0 Å². The second kappa shape index (κ2) is 4.32. The second-order valence-corrected chi connectivity index (χ2v) is 4.53. The maximum Gasteiger partial charge on any atom is 0.136 e. The average molecular weight is 256 g/mol. The van der Waals surface area contributed by atoms with Crippen LogP contribution in [0.5, 0.6) is 5.75 Å². The van der Waals surface area contributed by atoms with Gasteiger partial charge in [-0.3, -0.25) is 0 Å². The lowest BCUT2D eigenvalue weighted by Gasteiger charge is -2.09. The first kappa shape index (κ1) is 9.99. The highest BCUT2D eigenvalue weighted by Crippen LogP contribution is 2.33. The van der Waals surface area contributed by atoms with E-state index in [9.17, 15) is 0 Å². The number of hydrogen-bond acceptors (Lipinski definition) is 2. The summed E-state index contributed by atoms with van der Waals surface area (Å²) in [6.45, 7) is 1.52. The van der Waals surface area contributed by atoms with Crippen LogP contribution in [0.1, 0.15) is 12.0 Å². The monoisotopic (exact) mass is 255 g/mol. The molecule has 0 aliphatic carbocycles. The van der Waals surface area contributed by atoms with Crippen molar-refractivity contribution in [1.29, 1.82) is 0 Å². The van der Waals surface area contributed by atoms with Crippen molar-refractivity contribution < 1.29 is 4.74 Å². The third-order valence-electron chi connectivity index (χ3n) is 2.66. The van der Waals surface area contributed by atoms with E-state index in [0.29, 0.717) is 5.92 Å². The van der Waals surface area contributed by atoms with Crippen molar-refractivity contribution in [1.82, 2.24) is 0 Å². The molecule has 1 atom stereocenters. The fourth-order valence-corrected chi connectivity index (χ4v) is 2.34. The van der Waals surface area contributed by atoms with Crippen molar-refractivity contribution in [3.05, 3.63) is 28.2 Å². The quantitative estimate of drug-likeness (QED) is 0.837. The normalized spacial score (nSPS) is 20.9. The predicted molar refractivity (Wildman–Crippen MR) is 60.5 cm³/mol. The highest BCUT2D eigenvalue weighted by molar-refractivity contribution is 9.10. The van der Waals surface area contributed by atoms with Crippen LogP contribution in [0.4, 0.5) is 0 Å². The smallest absolute Gasteiger partial charge is 0.136 e. The Morgan fingerprint density at radius 3 is 3.14 bits per heavy atom. The van der Waals surface area contributed by atoms with E-state index in [2.05, 4.69) is 22.0 Å². The van der Waals surface area contributed by atoms with E-state index >= 15 is 0 Å². The van der Waals surface area contributed by atoms with Crippen molar-refractivity contribution in [2.45, 2.75) is 12.8 Å². The lowest BCUT2D eigenvalue weighted by molar-refractivity contribution is 0.295. The molecule has 2 rings (SSSR count). The molecule has 0 radical (unpaired) electrons. The number of para-hydroxylation sites is 1. The lowest BCUT2D eigenvalue weighted by Crippen LogP contribution is -2.17. The first-order valence-corrected chi connectivity index (χ1v) is 5.71. The molecule has 0 saturated heterocycles. The van der Waals surface area contributed by atoms with Gasteiger partial charge in [0, 0.05) is 0 Å². The zero-order chi connectivity index (χ0) is 9.97. The molecule has 1 aliphatic rings. The van der Waals surface area contributed by atoms with Crippen LogP contribution in [0, 0.1) is 5.92 Å². The molecule has 1 heterocycles. The Balaban J connectivity index is 2.32. The number of benzene rings is 1. The van der Waals surface area contributed by atoms with Crippen LogP contribution in [0.15, 0.2) is 22.7 Å². The summed E-state index contributed by atoms with van der Waals surface area (Å²) in [7, 11) is 0. The van der Waals surface area contributed by atoms with Crippen LogP contribution in [0.25, 0.3) is 0 Å². The number of nitrogens with two attached hydrogens (primary N) is 1. The van der Waals surface area contributed by atoms with E-state index in [-0.39, 0.29) is 0 Å². The number of ether oxygens (including phenoxy) is 1. The summed E-state index contributed by atoms with van der Waals surface area (Å²) in [6.07, 6.45) is 2.09. The summed E-state index contributed by atoms with van der Waals surface area (Å²) in [5, 5.41) is 0. The van der Waals surface area contributed by atoms with E-state index in [4.69, 9.17) is 10.5 Å². The molecule has 0 spiro atoms. The molecule has 0 aromatic heterocycles. The Morgan fingerprint density at radius 1 is 1.50 bits per heavy atom. The summed E-state index contributed by atoms with van der Waals surface area (Å²) < 4.78 is 6.76.